The van der Waals surface area contributed by atoms with Gasteiger partial charge >= 0.3 is 11.7 Å². The highest BCUT2D eigenvalue weighted by Gasteiger charge is 2.21. The van der Waals surface area contributed by atoms with E-state index in [0.717, 1.165) is 5.56 Å². The lowest BCUT2D eigenvalue weighted by molar-refractivity contribution is -0.143. The van der Waals surface area contributed by atoms with Crippen LogP contribution in [-0.2, 0) is 9.53 Å². The van der Waals surface area contributed by atoms with Crippen molar-refractivity contribution in [3.63, 3.8) is 0 Å². The Morgan fingerprint density at radius 3 is 2.71 bits per heavy atom. The van der Waals surface area contributed by atoms with E-state index in [1.807, 2.05) is 49.4 Å². The predicted molar refractivity (Wildman–Crippen MR) is 94.9 cm³/mol. The first kappa shape index (κ1) is 17.5. The van der Waals surface area contributed by atoms with Crippen molar-refractivity contribution in [2.24, 2.45) is 0 Å². The highest BCUT2D eigenvalue weighted by molar-refractivity contribution is 5.70. The van der Waals surface area contributed by atoms with E-state index in [1.54, 1.807) is 13.0 Å². The number of ether oxygens (including phenoxy) is 1. The Labute approximate surface area is 140 Å². The molecule has 1 heterocycles. The van der Waals surface area contributed by atoms with Crippen LogP contribution < -0.4 is 16.4 Å². The van der Waals surface area contributed by atoms with Gasteiger partial charge in [0.15, 0.2) is 0 Å². The maximum atomic E-state index is 12.4. The zero-order valence-corrected chi connectivity index (χ0v) is 14.0. The van der Waals surface area contributed by atoms with Crippen LogP contribution in [0.15, 0.2) is 47.3 Å². The van der Waals surface area contributed by atoms with Crippen LogP contribution >= 0.6 is 0 Å². The SMILES string of the molecule is C=c1/c(=C\C=C/C)[nH]c(=O)n1C(CC(=O)OCC)c1ccccc1. The summed E-state index contributed by atoms with van der Waals surface area (Å²) in [7, 11) is 0. The minimum absolute atomic E-state index is 0.0706. The molecule has 0 aliphatic heterocycles. The van der Waals surface area contributed by atoms with Crippen molar-refractivity contribution in [1.29, 1.82) is 0 Å². The van der Waals surface area contributed by atoms with Crippen LogP contribution in [-0.4, -0.2) is 22.1 Å². The molecule has 0 fully saturated rings. The number of benzene rings is 1. The summed E-state index contributed by atoms with van der Waals surface area (Å²) in [6, 6.07) is 8.95. The number of hydrogen-bond donors (Lipinski definition) is 1. The number of carbonyl (C=O) groups is 1. The number of allylic oxidation sites excluding steroid dienone is 2. The normalized spacial score (nSPS) is 13.3. The van der Waals surface area contributed by atoms with Gasteiger partial charge in [0.05, 0.1) is 29.8 Å². The summed E-state index contributed by atoms with van der Waals surface area (Å²) < 4.78 is 6.58. The maximum absolute atomic E-state index is 12.4. The Bertz CT molecular complexity index is 876. The van der Waals surface area contributed by atoms with Crippen LogP contribution in [0.4, 0.5) is 0 Å². The van der Waals surface area contributed by atoms with E-state index in [4.69, 9.17) is 4.74 Å². The molecule has 1 unspecified atom stereocenters. The molecular formula is C19H22N2O3. The monoisotopic (exact) mass is 326 g/mol. The first-order valence-electron chi connectivity index (χ1n) is 7.91. The van der Waals surface area contributed by atoms with Gasteiger partial charge in [0, 0.05) is 0 Å². The molecule has 0 bridgehead atoms. The molecule has 126 valence electrons. The molecule has 5 nitrogen and oxygen atoms in total. The third-order valence-electron chi connectivity index (χ3n) is 3.68. The number of aromatic nitrogens is 2. The lowest BCUT2D eigenvalue weighted by Crippen LogP contribution is -2.35. The molecule has 1 N–H and O–H groups in total. The van der Waals surface area contributed by atoms with Crippen LogP contribution in [0.5, 0.6) is 0 Å². The number of nitrogens with zero attached hydrogens (tertiary/aromatic N) is 1. The number of hydrogen-bond acceptors (Lipinski definition) is 3. The molecule has 0 aliphatic rings. The molecule has 1 atom stereocenters. The largest absolute Gasteiger partial charge is 0.466 e. The van der Waals surface area contributed by atoms with Gasteiger partial charge in [-0.25, -0.2) is 4.79 Å². The molecule has 0 saturated carbocycles. The van der Waals surface area contributed by atoms with E-state index in [1.165, 1.54) is 4.57 Å². The molecule has 0 radical (unpaired) electrons. The molecule has 0 saturated heterocycles. The van der Waals surface area contributed by atoms with E-state index >= 15 is 0 Å². The van der Waals surface area contributed by atoms with Crippen LogP contribution in [0.25, 0.3) is 12.7 Å². The summed E-state index contributed by atoms with van der Waals surface area (Å²) in [4.78, 5) is 27.3. The van der Waals surface area contributed by atoms with Gasteiger partial charge in [-0.15, -0.1) is 0 Å². The third-order valence-corrected chi connectivity index (χ3v) is 3.68. The molecule has 1 aromatic heterocycles. The summed E-state index contributed by atoms with van der Waals surface area (Å²) >= 11 is 0. The summed E-state index contributed by atoms with van der Waals surface area (Å²) in [5.74, 6) is -0.349. The first-order valence-corrected chi connectivity index (χ1v) is 7.91. The van der Waals surface area contributed by atoms with Crippen molar-refractivity contribution in [2.75, 3.05) is 6.61 Å². The smallest absolute Gasteiger partial charge is 0.327 e. The van der Waals surface area contributed by atoms with Gasteiger partial charge < -0.3 is 9.72 Å². The van der Waals surface area contributed by atoms with Crippen LogP contribution in [0.2, 0.25) is 0 Å². The number of carbonyl (C=O) groups excluding carboxylic acids is 1. The first-order chi connectivity index (χ1) is 11.6. The van der Waals surface area contributed by atoms with E-state index in [2.05, 4.69) is 11.6 Å². The number of imidazole rings is 1. The molecular weight excluding hydrogens is 304 g/mol. The second-order valence-corrected chi connectivity index (χ2v) is 5.29. The van der Waals surface area contributed by atoms with Gasteiger partial charge in [-0.05, 0) is 25.5 Å². The van der Waals surface area contributed by atoms with Crippen LogP contribution in [0, 0.1) is 0 Å². The molecule has 1 aromatic carbocycles. The molecule has 2 rings (SSSR count). The molecule has 0 spiro atoms. The van der Waals surface area contributed by atoms with Crippen molar-refractivity contribution < 1.29 is 9.53 Å². The number of nitrogens with one attached hydrogen (secondary N) is 1. The fraction of sp³-hybridized carbons (Fsp3) is 0.263. The van der Waals surface area contributed by atoms with Gasteiger partial charge in [0.2, 0.25) is 0 Å². The van der Waals surface area contributed by atoms with E-state index in [-0.39, 0.29) is 18.1 Å². The van der Waals surface area contributed by atoms with Gasteiger partial charge in [0.25, 0.3) is 0 Å². The Morgan fingerprint density at radius 1 is 1.38 bits per heavy atom. The zero-order chi connectivity index (χ0) is 17.5. The Kier molecular flexibility index (Phi) is 5.95. The summed E-state index contributed by atoms with van der Waals surface area (Å²) in [5, 5.41) is 1.17. The molecule has 5 heteroatoms. The third kappa shape index (κ3) is 3.93. The van der Waals surface area contributed by atoms with Crippen molar-refractivity contribution in [1.82, 2.24) is 9.55 Å². The Hall–Kier alpha value is -2.82. The average molecular weight is 326 g/mol. The van der Waals surface area contributed by atoms with Crippen LogP contribution in [0.3, 0.4) is 0 Å². The van der Waals surface area contributed by atoms with Gasteiger partial charge in [-0.2, -0.15) is 0 Å². The summed E-state index contributed by atoms with van der Waals surface area (Å²) in [6.07, 6.45) is 5.55. The van der Waals surface area contributed by atoms with Gasteiger partial charge in [-0.3, -0.25) is 9.36 Å². The second-order valence-electron chi connectivity index (χ2n) is 5.29. The van der Waals surface area contributed by atoms with Gasteiger partial charge in [-0.1, -0.05) is 49.1 Å². The fourth-order valence-corrected chi connectivity index (χ4v) is 2.57. The fourth-order valence-electron chi connectivity index (χ4n) is 2.57. The molecule has 2 aromatic rings. The average Bonchev–Trinajstić information content (AvgIpc) is 2.86. The zero-order valence-electron chi connectivity index (χ0n) is 14.0. The van der Waals surface area contributed by atoms with Crippen molar-refractivity contribution in [3.05, 3.63) is 69.2 Å². The predicted octanol–water partition coefficient (Wildman–Crippen LogP) is 1.49. The highest BCUT2D eigenvalue weighted by atomic mass is 16.5. The Morgan fingerprint density at radius 2 is 2.08 bits per heavy atom. The molecule has 0 aliphatic carbocycles. The van der Waals surface area contributed by atoms with Crippen LogP contribution in [0.1, 0.15) is 31.9 Å². The highest BCUT2D eigenvalue weighted by Crippen LogP contribution is 2.19. The minimum Gasteiger partial charge on any atom is -0.466 e. The maximum Gasteiger partial charge on any atom is 0.327 e. The Balaban J connectivity index is 2.56. The lowest BCUT2D eigenvalue weighted by atomic mass is 10.0. The number of rotatable bonds is 6. The number of aromatic amines is 1. The second kappa shape index (κ2) is 8.15. The van der Waals surface area contributed by atoms with Crippen molar-refractivity contribution in [2.45, 2.75) is 26.3 Å². The number of esters is 1. The van der Waals surface area contributed by atoms with Crippen molar-refractivity contribution in [3.8, 4) is 0 Å². The molecule has 0 amide bonds. The lowest BCUT2D eigenvalue weighted by Gasteiger charge is -2.17. The summed E-state index contributed by atoms with van der Waals surface area (Å²) in [6.45, 7) is 7.96. The molecule has 24 heavy (non-hydrogen) atoms. The van der Waals surface area contributed by atoms with E-state index in [9.17, 15) is 9.59 Å². The summed E-state index contributed by atoms with van der Waals surface area (Å²) in [5.41, 5.74) is 0.558. The van der Waals surface area contributed by atoms with E-state index < -0.39 is 6.04 Å². The standard InChI is InChI=1S/C19H22N2O3/c1-4-6-12-16-14(3)21(19(23)20-16)17(13-18(22)24-5-2)15-10-8-7-9-11-15/h4,6-12,17H,3,5,13H2,1-2H3,(H,20,23)/b6-4-,16-12+. The van der Waals surface area contributed by atoms with Crippen molar-refractivity contribution >= 4 is 18.6 Å². The number of H-pyrrole nitrogens is 1. The van der Waals surface area contributed by atoms with Gasteiger partial charge in [0.1, 0.15) is 0 Å². The van der Waals surface area contributed by atoms with E-state index in [0.29, 0.717) is 17.3 Å². The quantitative estimate of drug-likeness (QED) is 0.818. The minimum atomic E-state index is -0.464. The topological polar surface area (TPSA) is 64.1 Å².